The fourth-order valence-corrected chi connectivity index (χ4v) is 5.20. The van der Waals surface area contributed by atoms with Gasteiger partial charge in [0.1, 0.15) is 6.04 Å². The molecule has 3 atom stereocenters. The first kappa shape index (κ1) is 32.8. The molecule has 2 N–H and O–H groups in total. The van der Waals surface area contributed by atoms with Crippen LogP contribution in [0.15, 0.2) is 41.3 Å². The van der Waals surface area contributed by atoms with Gasteiger partial charge >= 0.3 is 0 Å². The van der Waals surface area contributed by atoms with Crippen LogP contribution in [-0.2, 0) is 29.3 Å². The summed E-state index contributed by atoms with van der Waals surface area (Å²) in [4.78, 5) is 29.0. The van der Waals surface area contributed by atoms with Gasteiger partial charge in [-0.2, -0.15) is 8.42 Å². The lowest BCUT2D eigenvalue weighted by Crippen LogP contribution is -2.61. The molecule has 9 heteroatoms. The number of benzene rings is 1. The number of hydrogen-bond donors (Lipinski definition) is 2. The quantitative estimate of drug-likeness (QED) is 0.393. The van der Waals surface area contributed by atoms with Gasteiger partial charge < -0.3 is 15.5 Å². The van der Waals surface area contributed by atoms with Gasteiger partial charge in [-0.1, -0.05) is 78.8 Å². The molecular formula is C28H47N3O5S. The summed E-state index contributed by atoms with van der Waals surface area (Å²) in [6.07, 6.45) is 1.55. The molecule has 2 amide bonds. The Morgan fingerprint density at radius 3 is 2.03 bits per heavy atom. The van der Waals surface area contributed by atoms with E-state index in [-0.39, 0.29) is 29.2 Å². The van der Waals surface area contributed by atoms with Crippen LogP contribution in [0.25, 0.3) is 0 Å². The van der Waals surface area contributed by atoms with E-state index >= 15 is 0 Å². The van der Waals surface area contributed by atoms with Gasteiger partial charge in [0.05, 0.1) is 23.6 Å². The monoisotopic (exact) mass is 537 g/mol. The van der Waals surface area contributed by atoms with Crippen LogP contribution in [0.1, 0.15) is 67.9 Å². The maximum Gasteiger partial charge on any atom is 0.292 e. The molecule has 8 nitrogen and oxygen atoms in total. The highest BCUT2D eigenvalue weighted by molar-refractivity contribution is 7.90. The van der Waals surface area contributed by atoms with Crippen molar-refractivity contribution in [2.75, 3.05) is 20.7 Å². The van der Waals surface area contributed by atoms with E-state index in [9.17, 15) is 18.0 Å². The highest BCUT2D eigenvalue weighted by Gasteiger charge is 2.41. The second-order valence-electron chi connectivity index (χ2n) is 11.4. The van der Waals surface area contributed by atoms with E-state index in [0.717, 1.165) is 5.56 Å². The van der Waals surface area contributed by atoms with Gasteiger partial charge in [0.25, 0.3) is 10.1 Å². The van der Waals surface area contributed by atoms with Crippen LogP contribution in [0.2, 0.25) is 0 Å². The summed E-state index contributed by atoms with van der Waals surface area (Å²) in [6.45, 7) is 16.6. The van der Waals surface area contributed by atoms with Gasteiger partial charge in [-0.05, 0) is 43.9 Å². The molecule has 0 aromatic heterocycles. The Kier molecular flexibility index (Phi) is 11.5. The van der Waals surface area contributed by atoms with Crippen molar-refractivity contribution in [3.05, 3.63) is 46.9 Å². The molecule has 37 heavy (non-hydrogen) atoms. The second kappa shape index (κ2) is 13.0. The number of nitrogens with zero attached hydrogens (tertiary/aromatic N) is 1. The van der Waals surface area contributed by atoms with Crippen molar-refractivity contribution >= 4 is 21.9 Å². The third kappa shape index (κ3) is 8.38. The van der Waals surface area contributed by atoms with Gasteiger partial charge in [0.15, 0.2) is 0 Å². The molecule has 1 rings (SSSR count). The molecule has 0 spiro atoms. The molecule has 0 saturated carbocycles. The number of nitrogens with one attached hydrogen (secondary N) is 2. The smallest absolute Gasteiger partial charge is 0.292 e. The summed E-state index contributed by atoms with van der Waals surface area (Å²) in [5.41, 5.74) is -0.157. The van der Waals surface area contributed by atoms with Gasteiger partial charge in [-0.15, -0.1) is 0 Å². The summed E-state index contributed by atoms with van der Waals surface area (Å²) in [5, 5.41) is 6.14. The zero-order valence-electron chi connectivity index (χ0n) is 24.4. The molecule has 0 fully saturated rings. The van der Waals surface area contributed by atoms with Crippen molar-refractivity contribution in [3.63, 3.8) is 0 Å². The van der Waals surface area contributed by atoms with E-state index in [0.29, 0.717) is 0 Å². The molecule has 1 aromatic carbocycles. The molecule has 0 aliphatic rings. The molecular weight excluding hydrogens is 490 g/mol. The summed E-state index contributed by atoms with van der Waals surface area (Å²) in [6, 6.07) is 7.80. The molecule has 0 bridgehead atoms. The average Bonchev–Trinajstić information content (AvgIpc) is 2.79. The summed E-state index contributed by atoms with van der Waals surface area (Å²) < 4.78 is 29.7. The lowest BCUT2D eigenvalue weighted by Gasteiger charge is -2.40. The first-order chi connectivity index (χ1) is 16.9. The van der Waals surface area contributed by atoms with Crippen LogP contribution in [0.5, 0.6) is 0 Å². The Balaban J connectivity index is 3.34. The topological polar surface area (TPSA) is 105 Å². The summed E-state index contributed by atoms with van der Waals surface area (Å²) >= 11 is 0. The third-order valence-electron chi connectivity index (χ3n) is 6.74. The fraction of sp³-hybridized carbons (Fsp3) is 0.643. The molecule has 0 unspecified atom stereocenters. The Morgan fingerprint density at radius 2 is 1.59 bits per heavy atom. The third-order valence-corrected chi connectivity index (χ3v) is 8.21. The summed E-state index contributed by atoms with van der Waals surface area (Å²) in [7, 11) is -0.508. The fourth-order valence-electron chi connectivity index (χ4n) is 4.40. The van der Waals surface area contributed by atoms with Crippen molar-refractivity contribution in [2.24, 2.45) is 11.3 Å². The Bertz CT molecular complexity index is 1040. The zero-order chi connectivity index (χ0) is 28.8. The van der Waals surface area contributed by atoms with E-state index in [2.05, 4.69) is 10.6 Å². The number of amides is 2. The number of likely N-dealkylation sites (N-methyl/N-ethyl adjacent to an activating group) is 2. The van der Waals surface area contributed by atoms with E-state index in [4.69, 9.17) is 4.18 Å². The number of rotatable bonds is 12. The molecule has 0 aliphatic heterocycles. The van der Waals surface area contributed by atoms with Crippen LogP contribution in [0.3, 0.4) is 0 Å². The standard InChI is InChI=1S/C28H47N3O5S/c1-12-36-37(34,35)20(4)18-22(19(2)3)31(11)26(33)24(27(5,6)7)30-25(32)23(29-10)28(8,9)21-16-14-13-15-17-21/h13-19,22-24,29H,12H2,1-11H3,(H,30,32)/b20-18+/t22-,23-,24-/m1/s1. The lowest BCUT2D eigenvalue weighted by molar-refractivity contribution is -0.140. The Labute approximate surface area is 224 Å². The van der Waals surface area contributed by atoms with E-state index in [1.165, 1.54) is 11.8 Å². The number of carbonyl (C=O) groups excluding carboxylic acids is 2. The van der Waals surface area contributed by atoms with Crippen molar-refractivity contribution in [3.8, 4) is 0 Å². The molecule has 0 aliphatic carbocycles. The first-order valence-corrected chi connectivity index (χ1v) is 14.2. The van der Waals surface area contributed by atoms with E-state index in [1.54, 1.807) is 27.1 Å². The van der Waals surface area contributed by atoms with Crippen molar-refractivity contribution in [1.29, 1.82) is 0 Å². The zero-order valence-corrected chi connectivity index (χ0v) is 25.2. The SMILES string of the molecule is CCOS(=O)(=O)/C(C)=C/[C@H](C(C)C)N(C)C(=O)[C@@H](NC(=O)[C@@H](NC)C(C)(C)c1ccccc1)C(C)(C)C. The summed E-state index contributed by atoms with van der Waals surface area (Å²) in [5.74, 6) is -0.673. The second-order valence-corrected chi connectivity index (χ2v) is 13.2. The predicted molar refractivity (Wildman–Crippen MR) is 149 cm³/mol. The number of hydrogen-bond acceptors (Lipinski definition) is 6. The van der Waals surface area contributed by atoms with Crippen LogP contribution in [-0.4, -0.2) is 64.0 Å². The minimum Gasteiger partial charge on any atom is -0.342 e. The van der Waals surface area contributed by atoms with Crippen molar-refractivity contribution in [2.45, 2.75) is 85.9 Å². The van der Waals surface area contributed by atoms with Crippen LogP contribution in [0, 0.1) is 11.3 Å². The maximum absolute atomic E-state index is 13.8. The van der Waals surface area contributed by atoms with Crippen molar-refractivity contribution < 1.29 is 22.2 Å². The lowest BCUT2D eigenvalue weighted by atomic mass is 9.76. The minimum absolute atomic E-state index is 0.0265. The van der Waals surface area contributed by atoms with Crippen LogP contribution in [0.4, 0.5) is 0 Å². The van der Waals surface area contributed by atoms with Crippen molar-refractivity contribution in [1.82, 2.24) is 15.5 Å². The number of allylic oxidation sites excluding steroid dienone is 1. The predicted octanol–water partition coefficient (Wildman–Crippen LogP) is 3.84. The highest BCUT2D eigenvalue weighted by atomic mass is 32.2. The molecule has 0 saturated heterocycles. The molecule has 0 heterocycles. The van der Waals surface area contributed by atoms with Gasteiger partial charge in [-0.3, -0.25) is 13.8 Å². The number of carbonyl (C=O) groups is 2. The van der Waals surface area contributed by atoms with Crippen LogP contribution < -0.4 is 10.6 Å². The minimum atomic E-state index is -3.88. The average molecular weight is 538 g/mol. The Hall–Kier alpha value is -2.23. The van der Waals surface area contributed by atoms with Gasteiger partial charge in [0.2, 0.25) is 11.8 Å². The highest BCUT2D eigenvalue weighted by Crippen LogP contribution is 2.29. The van der Waals surface area contributed by atoms with Gasteiger partial charge in [0, 0.05) is 12.5 Å². The Morgan fingerprint density at radius 1 is 1.05 bits per heavy atom. The van der Waals surface area contributed by atoms with Crippen LogP contribution >= 0.6 is 0 Å². The molecule has 210 valence electrons. The van der Waals surface area contributed by atoms with E-state index in [1.807, 2.05) is 78.8 Å². The van der Waals surface area contributed by atoms with E-state index < -0.39 is 39.1 Å². The maximum atomic E-state index is 13.8. The first-order valence-electron chi connectivity index (χ1n) is 12.8. The largest absolute Gasteiger partial charge is 0.342 e. The molecule has 1 aromatic rings. The van der Waals surface area contributed by atoms with Gasteiger partial charge in [-0.25, -0.2) is 0 Å². The molecule has 0 radical (unpaired) electrons. The normalized spacial score (nSPS) is 15.7.